The summed E-state index contributed by atoms with van der Waals surface area (Å²) < 4.78 is 6.34. The van der Waals surface area contributed by atoms with E-state index in [1.54, 1.807) is 13.8 Å². The van der Waals surface area contributed by atoms with E-state index in [0.29, 0.717) is 31.0 Å². The Bertz CT molecular complexity index is 964. The molecule has 2 bridgehead atoms. The van der Waals surface area contributed by atoms with Crippen molar-refractivity contribution in [2.45, 2.75) is 124 Å². The summed E-state index contributed by atoms with van der Waals surface area (Å²) in [5.41, 5.74) is -2.15. The Hall–Kier alpha value is -0.940. The fraction of sp³-hybridized carbons (Fsp3) is 0.933. The van der Waals surface area contributed by atoms with Crippen LogP contribution in [-0.2, 0) is 14.3 Å². The number of cyclic esters (lactones) is 1. The number of ether oxygens (including phenoxy) is 1. The van der Waals surface area contributed by atoms with E-state index in [0.717, 1.165) is 44.9 Å². The van der Waals surface area contributed by atoms with Gasteiger partial charge < -0.3 is 14.9 Å². The van der Waals surface area contributed by atoms with E-state index < -0.39 is 23.2 Å². The number of rotatable bonds is 1. The largest absolute Gasteiger partial charge is 0.459 e. The van der Waals surface area contributed by atoms with Crippen LogP contribution in [0.15, 0.2) is 0 Å². The van der Waals surface area contributed by atoms with Crippen molar-refractivity contribution in [3.8, 4) is 0 Å². The fourth-order valence-corrected chi connectivity index (χ4v) is 11.7. The average molecular weight is 487 g/mol. The molecule has 5 saturated carbocycles. The average Bonchev–Trinajstić information content (AvgIpc) is 3.35. The van der Waals surface area contributed by atoms with Crippen molar-refractivity contribution in [2.24, 2.45) is 50.7 Å². The van der Waals surface area contributed by atoms with E-state index in [-0.39, 0.29) is 45.4 Å². The van der Waals surface area contributed by atoms with Crippen LogP contribution >= 0.6 is 0 Å². The van der Waals surface area contributed by atoms with Crippen LogP contribution in [0.5, 0.6) is 0 Å². The van der Waals surface area contributed by atoms with Crippen LogP contribution in [0, 0.1) is 50.7 Å². The normalized spacial score (nSPS) is 54.7. The molecule has 0 aromatic carbocycles. The standard InChI is InChI=1S/C30H46O5/c1-17-7-10-22(26(4,5)34)35-24(33)30-15-18(31)23(17)27(30,6)13-14-29-16-28(29)12-11-21(32)25(2,3)19(28)8-9-20(29)30/h17-20,22-23,31,34H,7-16H2,1-6H3. The summed E-state index contributed by atoms with van der Waals surface area (Å²) in [4.78, 5) is 27.4. The summed E-state index contributed by atoms with van der Waals surface area (Å²) in [6.07, 6.45) is 7.68. The molecule has 2 N–H and O–H groups in total. The van der Waals surface area contributed by atoms with E-state index in [1.165, 1.54) is 0 Å². The van der Waals surface area contributed by atoms with Gasteiger partial charge in [0.05, 0.1) is 17.1 Å². The van der Waals surface area contributed by atoms with Crippen molar-refractivity contribution in [1.82, 2.24) is 0 Å². The Morgan fingerprint density at radius 1 is 0.943 bits per heavy atom. The maximum atomic E-state index is 14.5. The van der Waals surface area contributed by atoms with E-state index in [2.05, 4.69) is 27.7 Å². The highest BCUT2D eigenvalue weighted by Gasteiger charge is 2.85. The summed E-state index contributed by atoms with van der Waals surface area (Å²) in [5, 5.41) is 22.5. The first-order valence-corrected chi connectivity index (χ1v) is 14.3. The second kappa shape index (κ2) is 6.92. The Labute approximate surface area is 210 Å². The lowest BCUT2D eigenvalue weighted by Crippen LogP contribution is -2.61. The Morgan fingerprint density at radius 2 is 1.60 bits per heavy atom. The van der Waals surface area contributed by atoms with Gasteiger partial charge in [0.25, 0.3) is 0 Å². The quantitative estimate of drug-likeness (QED) is 0.506. The first-order valence-electron chi connectivity index (χ1n) is 14.3. The van der Waals surface area contributed by atoms with Gasteiger partial charge in [-0.3, -0.25) is 9.59 Å². The lowest BCUT2D eigenvalue weighted by atomic mass is 9.41. The molecule has 10 unspecified atom stereocenters. The molecule has 5 heteroatoms. The van der Waals surface area contributed by atoms with Crippen LogP contribution in [0.2, 0.25) is 0 Å². The highest BCUT2D eigenvalue weighted by Crippen LogP contribution is 2.89. The Morgan fingerprint density at radius 3 is 2.29 bits per heavy atom. The Kier molecular flexibility index (Phi) is 4.83. The predicted octanol–water partition coefficient (Wildman–Crippen LogP) is 5.06. The number of hydrogen-bond donors (Lipinski definition) is 2. The summed E-state index contributed by atoms with van der Waals surface area (Å²) in [6, 6.07) is 0. The van der Waals surface area contributed by atoms with Gasteiger partial charge in [-0.1, -0.05) is 27.7 Å². The number of aliphatic hydroxyl groups is 2. The molecular weight excluding hydrogens is 440 g/mol. The molecule has 1 heterocycles. The molecule has 6 rings (SSSR count). The summed E-state index contributed by atoms with van der Waals surface area (Å²) >= 11 is 0. The maximum absolute atomic E-state index is 14.5. The molecule has 0 amide bonds. The minimum atomic E-state index is -1.09. The lowest BCUT2D eigenvalue weighted by molar-refractivity contribution is -0.205. The third-order valence-electron chi connectivity index (χ3n) is 13.2. The number of ketones is 1. The van der Waals surface area contributed by atoms with Crippen LogP contribution in [0.25, 0.3) is 0 Å². The van der Waals surface area contributed by atoms with E-state index in [4.69, 9.17) is 4.74 Å². The molecular formula is C30H46O5. The van der Waals surface area contributed by atoms with Crippen LogP contribution in [-0.4, -0.2) is 39.8 Å². The van der Waals surface area contributed by atoms with Crippen LogP contribution in [0.3, 0.4) is 0 Å². The van der Waals surface area contributed by atoms with Crippen molar-refractivity contribution in [1.29, 1.82) is 0 Å². The van der Waals surface area contributed by atoms with Crippen LogP contribution in [0.4, 0.5) is 0 Å². The van der Waals surface area contributed by atoms with Gasteiger partial charge in [-0.05, 0) is 112 Å². The second-order valence-electron chi connectivity index (χ2n) is 15.1. The van der Waals surface area contributed by atoms with Crippen molar-refractivity contribution in [2.75, 3.05) is 0 Å². The van der Waals surface area contributed by atoms with Gasteiger partial charge in [-0.15, -0.1) is 0 Å². The van der Waals surface area contributed by atoms with Gasteiger partial charge in [0.2, 0.25) is 0 Å². The number of esters is 1. The molecule has 10 atom stereocenters. The third kappa shape index (κ3) is 2.68. The van der Waals surface area contributed by atoms with Gasteiger partial charge in [0.15, 0.2) is 0 Å². The summed E-state index contributed by atoms with van der Waals surface area (Å²) in [5.74, 6) is 1.18. The molecule has 0 aromatic rings. The third-order valence-corrected chi connectivity index (χ3v) is 13.2. The summed E-state index contributed by atoms with van der Waals surface area (Å²) in [7, 11) is 0. The molecule has 5 nitrogen and oxygen atoms in total. The molecule has 196 valence electrons. The van der Waals surface area contributed by atoms with Crippen molar-refractivity contribution < 1.29 is 24.5 Å². The van der Waals surface area contributed by atoms with Crippen LogP contribution in [0.1, 0.15) is 106 Å². The fourth-order valence-electron chi connectivity index (χ4n) is 11.7. The van der Waals surface area contributed by atoms with Gasteiger partial charge in [0.1, 0.15) is 11.9 Å². The molecule has 6 fully saturated rings. The molecule has 6 aliphatic rings. The molecule has 0 radical (unpaired) electrons. The van der Waals surface area contributed by atoms with Gasteiger partial charge >= 0.3 is 5.97 Å². The van der Waals surface area contributed by atoms with Crippen molar-refractivity contribution in [3.63, 3.8) is 0 Å². The minimum absolute atomic E-state index is 0.0738. The predicted molar refractivity (Wildman–Crippen MR) is 132 cm³/mol. The van der Waals surface area contributed by atoms with Crippen molar-refractivity contribution in [3.05, 3.63) is 0 Å². The molecule has 2 spiro atoms. The Balaban J connectivity index is 1.48. The SMILES string of the molecule is CC1CCC(C(C)(C)O)OC(=O)C23CC(O)C1C2(C)CCC12CC14CCC(=O)C(C)(C)C4CCC23. The zero-order chi connectivity index (χ0) is 25.4. The molecule has 5 aliphatic carbocycles. The molecule has 1 saturated heterocycles. The highest BCUT2D eigenvalue weighted by molar-refractivity contribution is 5.86. The number of Topliss-reactive ketones (excluding diaryl/α,β-unsaturated/α-hetero) is 1. The maximum Gasteiger partial charge on any atom is 0.313 e. The van der Waals surface area contributed by atoms with Crippen molar-refractivity contribution >= 4 is 11.8 Å². The first-order chi connectivity index (χ1) is 16.2. The topological polar surface area (TPSA) is 83.8 Å². The first kappa shape index (κ1) is 24.4. The molecule has 35 heavy (non-hydrogen) atoms. The molecule has 0 aromatic heterocycles. The molecule has 1 aliphatic heterocycles. The number of hydrogen-bond acceptors (Lipinski definition) is 5. The van der Waals surface area contributed by atoms with E-state index in [1.807, 2.05) is 0 Å². The van der Waals surface area contributed by atoms with Crippen LogP contribution < -0.4 is 0 Å². The van der Waals surface area contributed by atoms with E-state index in [9.17, 15) is 19.8 Å². The van der Waals surface area contributed by atoms with Gasteiger partial charge in [0, 0.05) is 11.8 Å². The second-order valence-corrected chi connectivity index (χ2v) is 15.1. The zero-order valence-electron chi connectivity index (χ0n) is 22.7. The summed E-state index contributed by atoms with van der Waals surface area (Å²) in [6.45, 7) is 12.4. The minimum Gasteiger partial charge on any atom is -0.459 e. The smallest absolute Gasteiger partial charge is 0.313 e. The van der Waals surface area contributed by atoms with Gasteiger partial charge in [-0.2, -0.15) is 0 Å². The monoisotopic (exact) mass is 486 g/mol. The number of aliphatic hydroxyl groups excluding tert-OH is 1. The highest BCUT2D eigenvalue weighted by atomic mass is 16.6. The number of carbonyl (C=O) groups excluding carboxylic acids is 2. The van der Waals surface area contributed by atoms with E-state index >= 15 is 0 Å². The number of carbonyl (C=O) groups is 2. The lowest BCUT2D eigenvalue weighted by Gasteiger charge is -2.61. The zero-order valence-corrected chi connectivity index (χ0v) is 22.7. The van der Waals surface area contributed by atoms with Gasteiger partial charge in [-0.25, -0.2) is 0 Å².